The highest BCUT2D eigenvalue weighted by Gasteiger charge is 1.99. The zero-order valence-electron chi connectivity index (χ0n) is 5.04. The molecule has 56 valence electrons. The molecule has 1 amide bonds. The molecule has 0 unspecified atom stereocenters. The molecule has 0 spiro atoms. The van der Waals surface area contributed by atoms with Gasteiger partial charge >= 0.3 is 0 Å². The summed E-state index contributed by atoms with van der Waals surface area (Å²) in [6.45, 7) is 0. The highest BCUT2D eigenvalue weighted by Crippen LogP contribution is 2.05. The van der Waals surface area contributed by atoms with Crippen molar-refractivity contribution < 1.29 is 14.0 Å². The Balaban J connectivity index is 3.68. The Morgan fingerprint density at radius 1 is 1.70 bits per heavy atom. The van der Waals surface area contributed by atoms with Crippen LogP contribution in [0.4, 0.5) is 4.39 Å². The fourth-order valence-electron chi connectivity index (χ4n) is 0.219. The quantitative estimate of drug-likeness (QED) is 0.366. The smallest absolute Gasteiger partial charge is 0.277 e. The summed E-state index contributed by atoms with van der Waals surface area (Å²) in [5, 5.41) is 0.913. The van der Waals surface area contributed by atoms with Crippen LogP contribution in [0.15, 0.2) is 11.2 Å². The number of carbonyl (C=O) groups excluding carboxylic acids is 2. The molecular weight excluding hydrogens is 157 g/mol. The molecule has 0 saturated heterocycles. The maximum absolute atomic E-state index is 12.1. The first-order chi connectivity index (χ1) is 4.68. The summed E-state index contributed by atoms with van der Waals surface area (Å²) in [4.78, 5) is 19.6. The van der Waals surface area contributed by atoms with Gasteiger partial charge in [0.2, 0.25) is 0 Å². The van der Waals surface area contributed by atoms with Crippen molar-refractivity contribution >= 4 is 24.0 Å². The van der Waals surface area contributed by atoms with Crippen molar-refractivity contribution in [2.45, 2.75) is 0 Å². The number of thioether (sulfide) groups is 1. The van der Waals surface area contributed by atoms with E-state index in [0.29, 0.717) is 6.29 Å². The monoisotopic (exact) mass is 163 g/mol. The Morgan fingerprint density at radius 2 is 2.30 bits per heavy atom. The van der Waals surface area contributed by atoms with E-state index in [-0.39, 0.29) is 5.75 Å². The summed E-state index contributed by atoms with van der Waals surface area (Å²) in [6, 6.07) is 0. The van der Waals surface area contributed by atoms with Gasteiger partial charge in [0, 0.05) is 5.41 Å². The third-order valence-corrected chi connectivity index (χ3v) is 1.29. The SMILES string of the molecule is NC(=O)/C(F)=C\SCC=O. The minimum atomic E-state index is -1.11. The second-order valence-corrected chi connectivity index (χ2v) is 2.23. The molecule has 5 heteroatoms. The van der Waals surface area contributed by atoms with Crippen LogP contribution in [0.1, 0.15) is 0 Å². The third-order valence-electron chi connectivity index (χ3n) is 0.586. The van der Waals surface area contributed by atoms with Gasteiger partial charge in [0.05, 0.1) is 5.75 Å². The first kappa shape index (κ1) is 9.16. The van der Waals surface area contributed by atoms with Crippen molar-refractivity contribution in [3.05, 3.63) is 11.2 Å². The van der Waals surface area contributed by atoms with Gasteiger partial charge in [-0.15, -0.1) is 11.8 Å². The maximum atomic E-state index is 12.1. The molecule has 0 aromatic carbocycles. The van der Waals surface area contributed by atoms with Gasteiger partial charge in [-0.2, -0.15) is 0 Å². The summed E-state index contributed by atoms with van der Waals surface area (Å²) in [7, 11) is 0. The van der Waals surface area contributed by atoms with Gasteiger partial charge in [-0.3, -0.25) is 4.79 Å². The number of hydrogen-bond acceptors (Lipinski definition) is 3. The van der Waals surface area contributed by atoms with Crippen LogP contribution < -0.4 is 5.73 Å². The van der Waals surface area contributed by atoms with E-state index in [2.05, 4.69) is 5.73 Å². The topological polar surface area (TPSA) is 60.2 Å². The van der Waals surface area contributed by atoms with Crippen LogP contribution in [0, 0.1) is 0 Å². The van der Waals surface area contributed by atoms with Gasteiger partial charge in [-0.25, -0.2) is 4.39 Å². The van der Waals surface area contributed by atoms with Crippen molar-refractivity contribution in [1.82, 2.24) is 0 Å². The van der Waals surface area contributed by atoms with Crippen molar-refractivity contribution in [2.24, 2.45) is 5.73 Å². The summed E-state index contributed by atoms with van der Waals surface area (Å²) in [5.74, 6) is -2.01. The molecule has 0 aliphatic carbocycles. The Bertz CT molecular complexity index is 169. The van der Waals surface area contributed by atoms with E-state index in [1.807, 2.05) is 0 Å². The third kappa shape index (κ3) is 4.08. The first-order valence-electron chi connectivity index (χ1n) is 2.39. The van der Waals surface area contributed by atoms with Gasteiger partial charge in [0.25, 0.3) is 5.91 Å². The van der Waals surface area contributed by atoms with E-state index >= 15 is 0 Å². The number of aldehydes is 1. The zero-order chi connectivity index (χ0) is 7.98. The number of carbonyl (C=O) groups is 2. The lowest BCUT2D eigenvalue weighted by Gasteiger charge is -1.86. The molecule has 0 heterocycles. The van der Waals surface area contributed by atoms with Crippen molar-refractivity contribution in [2.75, 3.05) is 5.75 Å². The van der Waals surface area contributed by atoms with Crippen molar-refractivity contribution in [3.63, 3.8) is 0 Å². The van der Waals surface area contributed by atoms with Crippen LogP contribution in [0.5, 0.6) is 0 Å². The van der Waals surface area contributed by atoms with Crippen LogP contribution in [0.3, 0.4) is 0 Å². The van der Waals surface area contributed by atoms with Crippen LogP contribution >= 0.6 is 11.8 Å². The van der Waals surface area contributed by atoms with E-state index in [1.165, 1.54) is 0 Å². The normalized spacial score (nSPS) is 11.1. The van der Waals surface area contributed by atoms with E-state index in [9.17, 15) is 14.0 Å². The Labute approximate surface area is 61.5 Å². The molecule has 0 aromatic rings. The number of halogens is 1. The summed E-state index contributed by atoms with van der Waals surface area (Å²) >= 11 is 0.884. The molecule has 0 aliphatic rings. The summed E-state index contributed by atoms with van der Waals surface area (Å²) in [6.07, 6.45) is 0.607. The number of hydrogen-bond donors (Lipinski definition) is 1. The largest absolute Gasteiger partial charge is 0.364 e. The molecule has 0 radical (unpaired) electrons. The lowest BCUT2D eigenvalue weighted by atomic mass is 10.6. The molecule has 0 aromatic heterocycles. The zero-order valence-corrected chi connectivity index (χ0v) is 5.86. The highest BCUT2D eigenvalue weighted by molar-refractivity contribution is 8.02. The number of rotatable bonds is 4. The molecule has 0 fully saturated rings. The fraction of sp³-hybridized carbons (Fsp3) is 0.200. The molecule has 0 saturated carbocycles. The maximum Gasteiger partial charge on any atom is 0.277 e. The Hall–Kier alpha value is -0.840. The second kappa shape index (κ2) is 4.99. The molecule has 0 rings (SSSR count). The highest BCUT2D eigenvalue weighted by atomic mass is 32.2. The number of primary amides is 1. The lowest BCUT2D eigenvalue weighted by molar-refractivity contribution is -0.115. The molecule has 0 atom stereocenters. The van der Waals surface area contributed by atoms with Gasteiger partial charge in [-0.1, -0.05) is 0 Å². The lowest BCUT2D eigenvalue weighted by Crippen LogP contribution is -2.10. The minimum Gasteiger partial charge on any atom is -0.364 e. The number of nitrogens with two attached hydrogens (primary N) is 1. The van der Waals surface area contributed by atoms with E-state index in [1.54, 1.807) is 0 Å². The van der Waals surface area contributed by atoms with Gasteiger partial charge in [-0.05, 0) is 0 Å². The Morgan fingerprint density at radius 3 is 2.70 bits per heavy atom. The van der Waals surface area contributed by atoms with Crippen LogP contribution in [-0.2, 0) is 9.59 Å². The van der Waals surface area contributed by atoms with E-state index in [4.69, 9.17) is 0 Å². The summed E-state index contributed by atoms with van der Waals surface area (Å²) < 4.78 is 12.1. The van der Waals surface area contributed by atoms with Crippen LogP contribution in [0.2, 0.25) is 0 Å². The average molecular weight is 163 g/mol. The fourth-order valence-corrected chi connectivity index (χ4v) is 0.656. The van der Waals surface area contributed by atoms with Crippen molar-refractivity contribution in [1.29, 1.82) is 0 Å². The molecule has 3 nitrogen and oxygen atoms in total. The number of amides is 1. The molecule has 0 aliphatic heterocycles. The van der Waals surface area contributed by atoms with Gasteiger partial charge in [0.15, 0.2) is 5.83 Å². The van der Waals surface area contributed by atoms with Crippen molar-refractivity contribution in [3.8, 4) is 0 Å². The van der Waals surface area contributed by atoms with E-state index < -0.39 is 11.7 Å². The molecule has 2 N–H and O–H groups in total. The Kier molecular flexibility index (Phi) is 4.57. The van der Waals surface area contributed by atoms with Crippen LogP contribution in [0.25, 0.3) is 0 Å². The average Bonchev–Trinajstić information content (AvgIpc) is 1.88. The van der Waals surface area contributed by atoms with Gasteiger partial charge < -0.3 is 10.5 Å². The molecule has 0 bridgehead atoms. The predicted octanol–water partition coefficient (Wildman–Crippen LogP) is 0.215. The second-order valence-electron chi connectivity index (χ2n) is 1.33. The van der Waals surface area contributed by atoms with E-state index in [0.717, 1.165) is 17.2 Å². The first-order valence-corrected chi connectivity index (χ1v) is 3.44. The minimum absolute atomic E-state index is 0.126. The summed E-state index contributed by atoms with van der Waals surface area (Å²) in [5.41, 5.74) is 4.53. The molecule has 10 heavy (non-hydrogen) atoms. The standard InChI is InChI=1S/C5H6FNO2S/c6-4(5(7)9)3-10-2-1-8/h1,3H,2H2,(H2,7,9)/b4-3+. The van der Waals surface area contributed by atoms with Crippen LogP contribution in [-0.4, -0.2) is 17.9 Å². The van der Waals surface area contributed by atoms with Gasteiger partial charge in [0.1, 0.15) is 6.29 Å². The predicted molar refractivity (Wildman–Crippen MR) is 36.9 cm³/mol. The molecular formula is C5H6FNO2S.